The molecule has 4 heterocycles. The van der Waals surface area contributed by atoms with E-state index in [-0.39, 0.29) is 18.1 Å². The lowest BCUT2D eigenvalue weighted by Gasteiger charge is -2.42. The van der Waals surface area contributed by atoms with Gasteiger partial charge in [-0.15, -0.1) is 0 Å². The summed E-state index contributed by atoms with van der Waals surface area (Å²) in [7, 11) is 1.65. The van der Waals surface area contributed by atoms with Gasteiger partial charge in [0, 0.05) is 50.8 Å². The first-order chi connectivity index (χ1) is 23.5. The third-order valence-corrected chi connectivity index (χ3v) is 9.58. The van der Waals surface area contributed by atoms with Crippen molar-refractivity contribution in [2.24, 2.45) is 0 Å². The summed E-state index contributed by atoms with van der Waals surface area (Å²) in [6.07, 6.45) is 5.98. The number of carbonyl (C=O) groups is 1. The van der Waals surface area contributed by atoms with E-state index in [0.717, 1.165) is 57.7 Å². The molecule has 250 valence electrons. The highest BCUT2D eigenvalue weighted by molar-refractivity contribution is 6.02. The number of methoxy groups -OCH3 is 1. The van der Waals surface area contributed by atoms with Crippen LogP contribution in [0.25, 0.3) is 10.8 Å². The van der Waals surface area contributed by atoms with E-state index < -0.39 is 0 Å². The molecule has 3 aliphatic heterocycles. The Hall–Kier alpha value is -4.71. The maximum Gasteiger partial charge on any atom is 0.247 e. The predicted molar refractivity (Wildman–Crippen MR) is 189 cm³/mol. The molecule has 0 unspecified atom stereocenters. The Morgan fingerprint density at radius 3 is 2.65 bits per heavy atom. The molecule has 3 fully saturated rings. The Bertz CT molecular complexity index is 1770. The number of hydrogen-bond donors (Lipinski definition) is 2. The minimum atomic E-state index is -0.278. The summed E-state index contributed by atoms with van der Waals surface area (Å²) in [6.45, 7) is 10.9. The Labute approximate surface area is 281 Å². The third-order valence-electron chi connectivity index (χ3n) is 9.58. The topological polar surface area (TPSA) is 104 Å². The summed E-state index contributed by atoms with van der Waals surface area (Å²) < 4.78 is 11.7. The number of amides is 1. The average Bonchev–Trinajstić information content (AvgIpc) is 3.62. The summed E-state index contributed by atoms with van der Waals surface area (Å²) in [5.74, 6) is 1.58. The number of nitrogens with zero attached hydrogens (tertiary/aromatic N) is 5. The number of piperidine rings is 1. The van der Waals surface area contributed by atoms with Gasteiger partial charge in [0.05, 0.1) is 49.5 Å². The second kappa shape index (κ2) is 14.2. The molecule has 0 bridgehead atoms. The van der Waals surface area contributed by atoms with Crippen molar-refractivity contribution < 1.29 is 19.1 Å². The fraction of sp³-hybridized carbons (Fsp3) is 0.378. The van der Waals surface area contributed by atoms with Gasteiger partial charge in [-0.25, -0.2) is 15.0 Å². The fourth-order valence-corrected chi connectivity index (χ4v) is 7.22. The number of benzene rings is 3. The van der Waals surface area contributed by atoms with Gasteiger partial charge in [0.15, 0.2) is 5.82 Å². The number of aromatic nitrogens is 2. The zero-order valence-electron chi connectivity index (χ0n) is 27.6. The molecule has 1 aromatic heterocycles. The maximum atomic E-state index is 12.6. The van der Waals surface area contributed by atoms with Gasteiger partial charge in [-0.2, -0.15) is 0 Å². The number of hydrogen-bond acceptors (Lipinski definition) is 10. The molecule has 0 spiro atoms. The molecule has 3 aromatic carbocycles. The van der Waals surface area contributed by atoms with Crippen LogP contribution in [-0.4, -0.2) is 79.4 Å². The Kier molecular flexibility index (Phi) is 9.42. The zero-order valence-corrected chi connectivity index (χ0v) is 27.6. The quantitative estimate of drug-likeness (QED) is 0.208. The van der Waals surface area contributed by atoms with Gasteiger partial charge >= 0.3 is 0 Å². The molecule has 4 aromatic rings. The number of fused-ring (bicyclic) bond motifs is 1. The molecule has 0 aliphatic carbocycles. The largest absolute Gasteiger partial charge is 0.494 e. The van der Waals surface area contributed by atoms with E-state index in [1.807, 2.05) is 23.3 Å². The van der Waals surface area contributed by atoms with Gasteiger partial charge in [-0.3, -0.25) is 14.5 Å². The number of rotatable bonds is 9. The molecule has 0 radical (unpaired) electrons. The monoisotopic (exact) mass is 649 g/mol. The second-order valence-corrected chi connectivity index (χ2v) is 12.6. The van der Waals surface area contributed by atoms with Gasteiger partial charge < -0.3 is 25.0 Å². The summed E-state index contributed by atoms with van der Waals surface area (Å²) in [5.41, 5.74) is 3.44. The third kappa shape index (κ3) is 6.66. The summed E-state index contributed by atoms with van der Waals surface area (Å²) >= 11 is 0. The van der Waals surface area contributed by atoms with Crippen LogP contribution in [0.4, 0.5) is 28.7 Å². The van der Waals surface area contributed by atoms with Crippen LogP contribution in [0.5, 0.6) is 5.75 Å². The molecule has 3 saturated heterocycles. The number of morpholine rings is 1. The highest BCUT2D eigenvalue weighted by Gasteiger charge is 2.31. The lowest BCUT2D eigenvalue weighted by molar-refractivity contribution is -0.111. The fourth-order valence-electron chi connectivity index (χ4n) is 7.22. The highest BCUT2D eigenvalue weighted by Crippen LogP contribution is 2.41. The van der Waals surface area contributed by atoms with Crippen LogP contribution in [0, 0.1) is 0 Å². The van der Waals surface area contributed by atoms with E-state index in [4.69, 9.17) is 14.3 Å². The molecule has 48 heavy (non-hydrogen) atoms. The van der Waals surface area contributed by atoms with Gasteiger partial charge in [0.1, 0.15) is 17.9 Å². The molecule has 11 heteroatoms. The van der Waals surface area contributed by atoms with E-state index in [1.54, 1.807) is 7.11 Å². The molecule has 3 aliphatic rings. The van der Waals surface area contributed by atoms with Crippen LogP contribution in [0.15, 0.2) is 79.6 Å². The zero-order chi connectivity index (χ0) is 33.0. The number of ether oxygens (including phenoxy) is 2. The van der Waals surface area contributed by atoms with Gasteiger partial charge in [-0.1, -0.05) is 49.0 Å². The van der Waals surface area contributed by atoms with Crippen molar-refractivity contribution in [1.82, 2.24) is 14.9 Å². The first kappa shape index (κ1) is 31.9. The van der Waals surface area contributed by atoms with Crippen molar-refractivity contribution in [3.8, 4) is 5.75 Å². The maximum absolute atomic E-state index is 12.6. The van der Waals surface area contributed by atoms with E-state index in [2.05, 4.69) is 86.4 Å². The summed E-state index contributed by atoms with van der Waals surface area (Å²) in [6, 6.07) is 21.1. The Morgan fingerprint density at radius 2 is 1.83 bits per heavy atom. The molecule has 1 amide bonds. The minimum absolute atomic E-state index is 0.00387. The van der Waals surface area contributed by atoms with Crippen molar-refractivity contribution in [2.45, 2.75) is 44.4 Å². The van der Waals surface area contributed by atoms with Crippen molar-refractivity contribution in [3.05, 3.63) is 85.2 Å². The van der Waals surface area contributed by atoms with Gasteiger partial charge in [-0.05, 0) is 48.2 Å². The van der Waals surface area contributed by atoms with Crippen LogP contribution >= 0.6 is 0 Å². The molecular weight excluding hydrogens is 606 g/mol. The standard InChI is InChI=1S/C37H43N7O4/c1-4-37(45)41-30-20-31(34(46-3)21-33(30)42-15-12-27(13-16-42)43-17-19-47-25(2)23-43)40-35-22-36(39-24-38-35)44-32(14-18-48-44)29-11-7-9-26-8-5-6-10-28(26)29/h4-11,20-22,24-25,27,32H,1,12-19,23H2,2-3H3,(H,41,45)(H,38,39,40)/t25-,32-/m1/s1. The Morgan fingerprint density at radius 1 is 1.00 bits per heavy atom. The summed E-state index contributed by atoms with van der Waals surface area (Å²) in [5, 5.41) is 10.7. The van der Waals surface area contributed by atoms with Gasteiger partial charge in [0.2, 0.25) is 5.91 Å². The Balaban J connectivity index is 1.13. The molecule has 7 rings (SSSR count). The van der Waals surface area contributed by atoms with Crippen LogP contribution < -0.4 is 25.3 Å². The SMILES string of the molecule is C=CC(=O)Nc1cc(Nc2cc(N3OCC[C@@H]3c3cccc4ccccc34)ncn2)c(OC)cc1N1CCC(N2CCO[C@H](C)C2)CC1. The number of anilines is 5. The number of nitrogens with one attached hydrogen (secondary N) is 2. The first-order valence-electron chi connectivity index (χ1n) is 16.8. The smallest absolute Gasteiger partial charge is 0.247 e. The van der Waals surface area contributed by atoms with Crippen LogP contribution in [0.3, 0.4) is 0 Å². The van der Waals surface area contributed by atoms with Crippen molar-refractivity contribution in [3.63, 3.8) is 0 Å². The first-order valence-corrected chi connectivity index (χ1v) is 16.8. The number of carbonyl (C=O) groups excluding carboxylic acids is 1. The lowest BCUT2D eigenvalue weighted by atomic mass is 9.97. The van der Waals surface area contributed by atoms with E-state index in [1.165, 1.54) is 28.7 Å². The van der Waals surface area contributed by atoms with Crippen LogP contribution in [0.1, 0.15) is 37.8 Å². The van der Waals surface area contributed by atoms with Crippen LogP contribution in [-0.2, 0) is 14.4 Å². The molecule has 11 nitrogen and oxygen atoms in total. The number of hydroxylamine groups is 1. The normalized spacial score (nSPS) is 20.5. The highest BCUT2D eigenvalue weighted by atomic mass is 16.7. The average molecular weight is 650 g/mol. The predicted octanol–water partition coefficient (Wildman–Crippen LogP) is 6.08. The molecular formula is C37H43N7O4. The molecule has 2 atom stereocenters. The lowest BCUT2D eigenvalue weighted by Crippen LogP contribution is -2.51. The van der Waals surface area contributed by atoms with E-state index >= 15 is 0 Å². The second-order valence-electron chi connectivity index (χ2n) is 12.6. The summed E-state index contributed by atoms with van der Waals surface area (Å²) in [4.78, 5) is 32.7. The van der Waals surface area contributed by atoms with Crippen molar-refractivity contribution in [2.75, 3.05) is 67.1 Å². The van der Waals surface area contributed by atoms with Crippen molar-refractivity contribution >= 4 is 45.4 Å². The van der Waals surface area contributed by atoms with Crippen molar-refractivity contribution in [1.29, 1.82) is 0 Å². The molecule has 2 N–H and O–H groups in total. The van der Waals surface area contributed by atoms with Crippen LogP contribution in [0.2, 0.25) is 0 Å². The molecule has 0 saturated carbocycles. The minimum Gasteiger partial charge on any atom is -0.494 e. The van der Waals surface area contributed by atoms with Gasteiger partial charge in [0.25, 0.3) is 0 Å². The van der Waals surface area contributed by atoms with E-state index in [0.29, 0.717) is 41.4 Å². The van der Waals surface area contributed by atoms with E-state index in [9.17, 15) is 4.79 Å².